The van der Waals surface area contributed by atoms with E-state index in [9.17, 15) is 4.79 Å². The van der Waals surface area contributed by atoms with Crippen molar-refractivity contribution in [3.05, 3.63) is 35.4 Å². The van der Waals surface area contributed by atoms with Gasteiger partial charge in [-0.25, -0.2) is 15.0 Å². The Kier molecular flexibility index (Phi) is 3.96. The van der Waals surface area contributed by atoms with Crippen molar-refractivity contribution in [3.8, 4) is 0 Å². The van der Waals surface area contributed by atoms with E-state index in [4.69, 9.17) is 0 Å². The van der Waals surface area contributed by atoms with E-state index in [1.807, 2.05) is 29.1 Å². The van der Waals surface area contributed by atoms with Crippen molar-refractivity contribution in [1.29, 1.82) is 0 Å². The topological polar surface area (TPSA) is 78.7 Å². The Morgan fingerprint density at radius 3 is 2.96 bits per heavy atom. The van der Waals surface area contributed by atoms with Gasteiger partial charge in [0.1, 0.15) is 5.69 Å². The molecule has 5 rings (SSSR count). The second kappa shape index (κ2) is 6.49. The molecule has 0 bridgehead atoms. The zero-order valence-corrected chi connectivity index (χ0v) is 15.9. The number of thiazole rings is 1. The van der Waals surface area contributed by atoms with E-state index in [0.717, 1.165) is 54.9 Å². The van der Waals surface area contributed by atoms with Crippen LogP contribution in [0.1, 0.15) is 29.0 Å². The van der Waals surface area contributed by atoms with Crippen molar-refractivity contribution in [1.82, 2.24) is 24.7 Å². The average Bonchev–Trinajstić information content (AvgIpc) is 3.32. The van der Waals surface area contributed by atoms with Gasteiger partial charge in [-0.15, -0.1) is 11.3 Å². The molecule has 2 fully saturated rings. The summed E-state index contributed by atoms with van der Waals surface area (Å²) in [7, 11) is 0. The van der Waals surface area contributed by atoms with Crippen molar-refractivity contribution in [2.45, 2.75) is 25.8 Å². The summed E-state index contributed by atoms with van der Waals surface area (Å²) in [6.45, 7) is 5.64. The molecule has 1 atom stereocenters. The SMILES string of the molecule is Cc1cn2ccnc2c(N2CC[C@H](NC(=O)c3csc(N4CCC4)n3)C2)n1. The van der Waals surface area contributed by atoms with Crippen molar-refractivity contribution < 1.29 is 4.79 Å². The van der Waals surface area contributed by atoms with Gasteiger partial charge in [-0.3, -0.25) is 4.79 Å². The molecule has 3 aromatic heterocycles. The minimum absolute atomic E-state index is 0.0870. The third kappa shape index (κ3) is 3.01. The molecular weight excluding hydrogens is 362 g/mol. The standard InChI is InChI=1S/C18H21N7OS/c1-12-9-25-8-4-19-15(25)16(20-12)24-7-3-13(10-24)21-17(26)14-11-27-18(22-14)23-5-2-6-23/h4,8-9,11,13H,2-3,5-7,10H2,1H3,(H,21,26)/t13-/m0/s1. The van der Waals surface area contributed by atoms with Gasteiger partial charge in [-0.2, -0.15) is 0 Å². The molecular formula is C18H21N7OS. The monoisotopic (exact) mass is 383 g/mol. The van der Waals surface area contributed by atoms with E-state index in [-0.39, 0.29) is 11.9 Å². The van der Waals surface area contributed by atoms with E-state index in [0.29, 0.717) is 5.69 Å². The van der Waals surface area contributed by atoms with Crippen LogP contribution in [0.4, 0.5) is 10.9 Å². The molecule has 3 aromatic rings. The van der Waals surface area contributed by atoms with E-state index < -0.39 is 0 Å². The largest absolute Gasteiger partial charge is 0.351 e. The fourth-order valence-corrected chi connectivity index (χ4v) is 4.46. The van der Waals surface area contributed by atoms with Crippen molar-refractivity contribution >= 4 is 33.8 Å². The highest BCUT2D eigenvalue weighted by Gasteiger charge is 2.28. The first-order valence-electron chi connectivity index (χ1n) is 9.24. The van der Waals surface area contributed by atoms with Gasteiger partial charge in [0, 0.05) is 56.2 Å². The Labute approximate surface area is 160 Å². The molecule has 9 heteroatoms. The Morgan fingerprint density at radius 1 is 1.26 bits per heavy atom. The summed E-state index contributed by atoms with van der Waals surface area (Å²) in [5.41, 5.74) is 2.32. The summed E-state index contributed by atoms with van der Waals surface area (Å²) in [6.07, 6.45) is 7.78. The Bertz CT molecular complexity index is 993. The van der Waals surface area contributed by atoms with Crippen molar-refractivity contribution in [2.75, 3.05) is 36.0 Å². The second-order valence-corrected chi connectivity index (χ2v) is 7.96. The number of fused-ring (bicyclic) bond motifs is 1. The minimum Gasteiger partial charge on any atom is -0.351 e. The maximum Gasteiger partial charge on any atom is 0.271 e. The molecule has 1 amide bonds. The Morgan fingerprint density at radius 2 is 2.15 bits per heavy atom. The summed E-state index contributed by atoms with van der Waals surface area (Å²) in [5.74, 6) is 0.790. The predicted molar refractivity (Wildman–Crippen MR) is 105 cm³/mol. The zero-order valence-electron chi connectivity index (χ0n) is 15.1. The number of nitrogens with zero attached hydrogens (tertiary/aromatic N) is 6. The fraction of sp³-hybridized carbons (Fsp3) is 0.444. The number of hydrogen-bond acceptors (Lipinski definition) is 7. The van der Waals surface area contributed by atoms with Gasteiger partial charge in [0.05, 0.1) is 5.69 Å². The lowest BCUT2D eigenvalue weighted by atomic mass is 10.2. The van der Waals surface area contributed by atoms with Crippen LogP contribution in [0.15, 0.2) is 24.0 Å². The van der Waals surface area contributed by atoms with Crippen LogP contribution in [0, 0.1) is 6.92 Å². The maximum absolute atomic E-state index is 12.6. The van der Waals surface area contributed by atoms with Gasteiger partial charge in [-0.1, -0.05) is 0 Å². The van der Waals surface area contributed by atoms with Crippen LogP contribution in [0.5, 0.6) is 0 Å². The van der Waals surface area contributed by atoms with Crippen LogP contribution >= 0.6 is 11.3 Å². The third-order valence-corrected chi connectivity index (χ3v) is 6.05. The van der Waals surface area contributed by atoms with E-state index in [1.165, 1.54) is 6.42 Å². The summed E-state index contributed by atoms with van der Waals surface area (Å²) in [6, 6.07) is 0.0870. The summed E-state index contributed by atoms with van der Waals surface area (Å²) in [5, 5.41) is 5.93. The lowest BCUT2D eigenvalue weighted by Gasteiger charge is -2.30. The smallest absolute Gasteiger partial charge is 0.271 e. The van der Waals surface area contributed by atoms with Crippen LogP contribution < -0.4 is 15.1 Å². The number of hydrogen-bond donors (Lipinski definition) is 1. The van der Waals surface area contributed by atoms with Crippen LogP contribution in [0.3, 0.4) is 0 Å². The molecule has 0 spiro atoms. The van der Waals surface area contributed by atoms with Crippen LogP contribution in [0.2, 0.25) is 0 Å². The molecule has 5 heterocycles. The Hall–Kier alpha value is -2.68. The number of rotatable bonds is 4. The number of carbonyl (C=O) groups is 1. The number of nitrogens with one attached hydrogen (secondary N) is 1. The molecule has 0 aromatic carbocycles. The first kappa shape index (κ1) is 16.5. The van der Waals surface area contributed by atoms with Gasteiger partial charge in [0.2, 0.25) is 0 Å². The summed E-state index contributed by atoms with van der Waals surface area (Å²) < 4.78 is 2.00. The van der Waals surface area contributed by atoms with Crippen molar-refractivity contribution in [2.24, 2.45) is 0 Å². The van der Waals surface area contributed by atoms with Gasteiger partial charge in [0.25, 0.3) is 5.91 Å². The highest BCUT2D eigenvalue weighted by atomic mass is 32.1. The summed E-state index contributed by atoms with van der Waals surface area (Å²) in [4.78, 5) is 30.6. The second-order valence-electron chi connectivity index (χ2n) is 7.13. The quantitative estimate of drug-likeness (QED) is 0.739. The number of aromatic nitrogens is 4. The van der Waals surface area contributed by atoms with Crippen molar-refractivity contribution in [3.63, 3.8) is 0 Å². The van der Waals surface area contributed by atoms with E-state index in [1.54, 1.807) is 17.5 Å². The van der Waals surface area contributed by atoms with Crippen LogP contribution in [-0.4, -0.2) is 57.5 Å². The van der Waals surface area contributed by atoms with Crippen LogP contribution in [-0.2, 0) is 0 Å². The molecule has 8 nitrogen and oxygen atoms in total. The lowest BCUT2D eigenvalue weighted by Crippen LogP contribution is -2.38. The molecule has 0 saturated carbocycles. The minimum atomic E-state index is -0.0898. The Balaban J connectivity index is 1.27. The van der Waals surface area contributed by atoms with Gasteiger partial charge < -0.3 is 19.5 Å². The average molecular weight is 383 g/mol. The summed E-state index contributed by atoms with van der Waals surface area (Å²) >= 11 is 1.54. The maximum atomic E-state index is 12.6. The molecule has 0 radical (unpaired) electrons. The number of aryl methyl sites for hydroxylation is 1. The molecule has 2 aliphatic heterocycles. The molecule has 27 heavy (non-hydrogen) atoms. The number of anilines is 2. The molecule has 0 unspecified atom stereocenters. The predicted octanol–water partition coefficient (Wildman–Crippen LogP) is 1.71. The number of carbonyl (C=O) groups excluding carboxylic acids is 1. The van der Waals surface area contributed by atoms with Gasteiger partial charge >= 0.3 is 0 Å². The molecule has 2 saturated heterocycles. The normalized spacial score (nSPS) is 19.5. The fourth-order valence-electron chi connectivity index (χ4n) is 3.60. The van der Waals surface area contributed by atoms with Gasteiger partial charge in [-0.05, 0) is 19.8 Å². The first-order valence-corrected chi connectivity index (χ1v) is 10.1. The van der Waals surface area contributed by atoms with Gasteiger partial charge in [0.15, 0.2) is 16.6 Å². The third-order valence-electron chi connectivity index (χ3n) is 5.15. The molecule has 2 aliphatic rings. The lowest BCUT2D eigenvalue weighted by molar-refractivity contribution is 0.0936. The number of amides is 1. The highest BCUT2D eigenvalue weighted by molar-refractivity contribution is 7.14. The highest BCUT2D eigenvalue weighted by Crippen LogP contribution is 2.26. The first-order chi connectivity index (χ1) is 13.2. The van der Waals surface area contributed by atoms with E-state index >= 15 is 0 Å². The van der Waals surface area contributed by atoms with Crippen LogP contribution in [0.25, 0.3) is 5.65 Å². The van der Waals surface area contributed by atoms with E-state index in [2.05, 4.69) is 30.1 Å². The molecule has 140 valence electrons. The number of imidazole rings is 1. The molecule has 1 N–H and O–H groups in total. The molecule has 0 aliphatic carbocycles. The zero-order chi connectivity index (χ0) is 18.4.